The van der Waals surface area contributed by atoms with Gasteiger partial charge in [0, 0.05) is 17.2 Å². The molecule has 0 radical (unpaired) electrons. The van der Waals surface area contributed by atoms with Gasteiger partial charge >= 0.3 is 12.2 Å². The average molecular weight is 363 g/mol. The van der Waals surface area contributed by atoms with Crippen molar-refractivity contribution in [3.63, 3.8) is 0 Å². The van der Waals surface area contributed by atoms with E-state index in [1.54, 1.807) is 0 Å². The van der Waals surface area contributed by atoms with Crippen LogP contribution in [0, 0.1) is 0 Å². The summed E-state index contributed by atoms with van der Waals surface area (Å²) in [5.74, 6) is -2.22. The number of halogens is 4. The van der Waals surface area contributed by atoms with Crippen molar-refractivity contribution in [3.8, 4) is 17.2 Å². The van der Waals surface area contributed by atoms with Gasteiger partial charge in [0.05, 0.1) is 16.9 Å². The Bertz CT molecular complexity index is 773. The summed E-state index contributed by atoms with van der Waals surface area (Å²) in [7, 11) is 0. The summed E-state index contributed by atoms with van der Waals surface area (Å²) in [6.07, 6.45) is -4.73. The zero-order chi connectivity index (χ0) is 18.1. The fourth-order valence-corrected chi connectivity index (χ4v) is 1.99. The van der Waals surface area contributed by atoms with Crippen molar-refractivity contribution in [2.75, 3.05) is 10.6 Å². The summed E-state index contributed by atoms with van der Waals surface area (Å²) < 4.78 is 38.8. The lowest BCUT2D eigenvalue weighted by Gasteiger charge is -2.15. The number of phenolic OH excluding ortho intramolecular Hbond substituents is 3. The summed E-state index contributed by atoms with van der Waals surface area (Å²) >= 11 is 5.53. The summed E-state index contributed by atoms with van der Waals surface area (Å²) in [5.41, 5.74) is -1.82. The number of alkyl halides is 3. The SMILES string of the molecule is O=C(Nc1cc(O)c(O)c(O)c1)Nc1ccc(Cl)cc1C(F)(F)F. The third-order valence-electron chi connectivity index (χ3n) is 2.86. The number of carbonyl (C=O) groups excluding carboxylic acids is 1. The summed E-state index contributed by atoms with van der Waals surface area (Å²) in [4.78, 5) is 11.8. The molecule has 0 aliphatic carbocycles. The molecule has 0 aliphatic heterocycles. The Morgan fingerprint density at radius 2 is 1.58 bits per heavy atom. The van der Waals surface area contributed by atoms with Crippen molar-refractivity contribution in [1.82, 2.24) is 0 Å². The van der Waals surface area contributed by atoms with Crippen molar-refractivity contribution in [1.29, 1.82) is 0 Å². The van der Waals surface area contributed by atoms with Crippen LogP contribution < -0.4 is 10.6 Å². The minimum absolute atomic E-state index is 0.150. The monoisotopic (exact) mass is 362 g/mol. The highest BCUT2D eigenvalue weighted by Crippen LogP contribution is 2.38. The van der Waals surface area contributed by atoms with E-state index in [9.17, 15) is 33.3 Å². The quantitative estimate of drug-likeness (QED) is 0.409. The molecule has 0 saturated heterocycles. The molecule has 0 aromatic heterocycles. The third kappa shape index (κ3) is 3.93. The topological polar surface area (TPSA) is 102 Å². The standard InChI is InChI=1S/C14H10ClF3N2O4/c15-6-1-2-9(8(3-6)14(16,17)18)20-13(24)19-7-4-10(21)12(23)11(22)5-7/h1-5,21-23H,(H2,19,20,24). The van der Waals surface area contributed by atoms with Crippen molar-refractivity contribution >= 4 is 29.0 Å². The lowest BCUT2D eigenvalue weighted by atomic mass is 10.1. The number of aromatic hydroxyl groups is 3. The third-order valence-corrected chi connectivity index (χ3v) is 3.10. The molecule has 0 spiro atoms. The zero-order valence-corrected chi connectivity index (χ0v) is 12.4. The average Bonchev–Trinajstić information content (AvgIpc) is 2.45. The number of amides is 2. The Kier molecular flexibility index (Phi) is 4.65. The van der Waals surface area contributed by atoms with E-state index in [0.717, 1.165) is 18.2 Å². The molecule has 6 nitrogen and oxygen atoms in total. The summed E-state index contributed by atoms with van der Waals surface area (Å²) in [6.45, 7) is 0. The van der Waals surface area contributed by atoms with Crippen molar-refractivity contribution in [2.24, 2.45) is 0 Å². The molecule has 2 aromatic rings. The Balaban J connectivity index is 2.22. The smallest absolute Gasteiger partial charge is 0.418 e. The first-order chi connectivity index (χ1) is 11.1. The second-order valence-corrected chi connectivity index (χ2v) is 5.07. The van der Waals surface area contributed by atoms with E-state index in [1.807, 2.05) is 5.32 Å². The number of urea groups is 1. The van der Waals surface area contributed by atoms with Crippen LogP contribution in [0.5, 0.6) is 17.2 Å². The van der Waals surface area contributed by atoms with Gasteiger partial charge in [-0.3, -0.25) is 0 Å². The highest BCUT2D eigenvalue weighted by molar-refractivity contribution is 6.30. The number of phenols is 3. The Labute approximate surface area is 138 Å². The van der Waals surface area contributed by atoms with Crippen LogP contribution in [-0.2, 0) is 6.18 Å². The molecule has 5 N–H and O–H groups in total. The van der Waals surface area contributed by atoms with E-state index < -0.39 is 40.7 Å². The largest absolute Gasteiger partial charge is 0.504 e. The van der Waals surface area contributed by atoms with Gasteiger partial charge < -0.3 is 26.0 Å². The molecule has 2 rings (SSSR count). The van der Waals surface area contributed by atoms with Crippen LogP contribution in [-0.4, -0.2) is 21.4 Å². The van der Waals surface area contributed by atoms with Gasteiger partial charge in [0.15, 0.2) is 17.2 Å². The molecule has 0 heterocycles. The number of anilines is 2. The molecule has 0 bridgehead atoms. The predicted molar refractivity (Wildman–Crippen MR) is 80.5 cm³/mol. The molecule has 0 unspecified atom stereocenters. The number of benzene rings is 2. The molecule has 0 atom stereocenters. The zero-order valence-electron chi connectivity index (χ0n) is 11.6. The van der Waals surface area contributed by atoms with Crippen molar-refractivity contribution in [3.05, 3.63) is 40.9 Å². The van der Waals surface area contributed by atoms with Gasteiger partial charge in [-0.05, 0) is 18.2 Å². The maximum atomic E-state index is 12.9. The van der Waals surface area contributed by atoms with Crippen LogP contribution in [0.1, 0.15) is 5.56 Å². The molecule has 0 saturated carbocycles. The van der Waals surface area contributed by atoms with E-state index in [2.05, 4.69) is 5.32 Å². The molecule has 0 fully saturated rings. The molecule has 24 heavy (non-hydrogen) atoms. The van der Waals surface area contributed by atoms with Crippen molar-refractivity contribution < 1.29 is 33.3 Å². The number of carbonyl (C=O) groups is 1. The molecule has 128 valence electrons. The molecule has 0 aliphatic rings. The molecule has 2 aromatic carbocycles. The minimum Gasteiger partial charge on any atom is -0.504 e. The van der Waals surface area contributed by atoms with E-state index in [1.165, 1.54) is 6.07 Å². The van der Waals surface area contributed by atoms with Gasteiger partial charge in [-0.2, -0.15) is 13.2 Å². The maximum absolute atomic E-state index is 12.9. The second kappa shape index (κ2) is 6.36. The summed E-state index contributed by atoms with van der Waals surface area (Å²) in [5, 5.41) is 31.8. The second-order valence-electron chi connectivity index (χ2n) is 4.63. The first-order valence-electron chi connectivity index (χ1n) is 6.27. The van der Waals surface area contributed by atoms with Gasteiger partial charge in [0.2, 0.25) is 0 Å². The lowest BCUT2D eigenvalue weighted by Crippen LogP contribution is -2.21. The van der Waals surface area contributed by atoms with E-state index >= 15 is 0 Å². The lowest BCUT2D eigenvalue weighted by molar-refractivity contribution is -0.136. The highest BCUT2D eigenvalue weighted by atomic mass is 35.5. The number of nitrogens with one attached hydrogen (secondary N) is 2. The van der Waals surface area contributed by atoms with E-state index in [0.29, 0.717) is 6.07 Å². The van der Waals surface area contributed by atoms with Crippen LogP contribution in [0.2, 0.25) is 5.02 Å². The van der Waals surface area contributed by atoms with Gasteiger partial charge in [0.1, 0.15) is 0 Å². The van der Waals surface area contributed by atoms with E-state index in [-0.39, 0.29) is 10.7 Å². The van der Waals surface area contributed by atoms with Crippen molar-refractivity contribution in [2.45, 2.75) is 6.18 Å². The molecule has 10 heteroatoms. The van der Waals surface area contributed by atoms with Gasteiger partial charge in [-0.25, -0.2) is 4.79 Å². The number of rotatable bonds is 2. The first kappa shape index (κ1) is 17.5. The van der Waals surface area contributed by atoms with Gasteiger partial charge in [0.25, 0.3) is 0 Å². The maximum Gasteiger partial charge on any atom is 0.418 e. The summed E-state index contributed by atoms with van der Waals surface area (Å²) in [6, 6.07) is 3.56. The van der Waals surface area contributed by atoms with Crippen LogP contribution in [0.15, 0.2) is 30.3 Å². The molecule has 2 amide bonds. The van der Waals surface area contributed by atoms with Crippen LogP contribution in [0.4, 0.5) is 29.3 Å². The fraction of sp³-hybridized carbons (Fsp3) is 0.0714. The molecular weight excluding hydrogens is 353 g/mol. The Hall–Kier alpha value is -2.81. The van der Waals surface area contributed by atoms with E-state index in [4.69, 9.17) is 11.6 Å². The first-order valence-corrected chi connectivity index (χ1v) is 6.65. The Morgan fingerprint density at radius 3 is 2.12 bits per heavy atom. The fourth-order valence-electron chi connectivity index (χ4n) is 1.82. The number of hydrogen-bond acceptors (Lipinski definition) is 4. The van der Waals surface area contributed by atoms with Gasteiger partial charge in [-0.15, -0.1) is 0 Å². The normalized spacial score (nSPS) is 11.2. The van der Waals surface area contributed by atoms with Gasteiger partial charge in [-0.1, -0.05) is 11.6 Å². The minimum atomic E-state index is -4.73. The predicted octanol–water partition coefficient (Wildman–Crippen LogP) is 4.12. The highest BCUT2D eigenvalue weighted by Gasteiger charge is 2.34. The Morgan fingerprint density at radius 1 is 1.00 bits per heavy atom. The van der Waals surface area contributed by atoms with Crippen LogP contribution in [0.25, 0.3) is 0 Å². The van der Waals surface area contributed by atoms with Crippen LogP contribution >= 0.6 is 11.6 Å². The van der Waals surface area contributed by atoms with Crippen LogP contribution in [0.3, 0.4) is 0 Å². The number of hydrogen-bond donors (Lipinski definition) is 5. The molecular formula is C14H10ClF3N2O4.